The van der Waals surface area contributed by atoms with Gasteiger partial charge in [0, 0.05) is 0 Å². The van der Waals surface area contributed by atoms with E-state index in [2.05, 4.69) is 48.5 Å². The fraction of sp³-hybridized carbons (Fsp3) is 0.947. The van der Waals surface area contributed by atoms with Gasteiger partial charge in [-0.15, -0.1) is 0 Å². The number of esters is 1. The van der Waals surface area contributed by atoms with E-state index in [1.165, 1.54) is 19.3 Å². The molecule has 0 aromatic carbocycles. The smallest absolute Gasteiger partial charge is 0.312 e. The van der Waals surface area contributed by atoms with Crippen molar-refractivity contribution in [1.29, 1.82) is 0 Å². The molecule has 2 heteroatoms. The molecule has 0 bridgehead atoms. The van der Waals surface area contributed by atoms with Crippen LogP contribution in [0.3, 0.4) is 0 Å². The molecule has 2 nitrogen and oxygen atoms in total. The lowest BCUT2D eigenvalue weighted by atomic mass is 9.72. The fourth-order valence-corrected chi connectivity index (χ4v) is 3.65. The maximum Gasteiger partial charge on any atom is 0.312 e. The molecular weight excluding hydrogens is 260 g/mol. The largest absolute Gasteiger partial charge is 0.458 e. The summed E-state index contributed by atoms with van der Waals surface area (Å²) >= 11 is 0. The van der Waals surface area contributed by atoms with E-state index in [-0.39, 0.29) is 17.0 Å². The highest BCUT2D eigenvalue weighted by Gasteiger charge is 2.45. The van der Waals surface area contributed by atoms with Crippen molar-refractivity contribution in [1.82, 2.24) is 0 Å². The predicted molar refractivity (Wildman–Crippen MR) is 89.1 cm³/mol. The van der Waals surface area contributed by atoms with E-state index >= 15 is 0 Å². The van der Waals surface area contributed by atoms with Gasteiger partial charge in [0.15, 0.2) is 0 Å². The number of hydrogen-bond acceptors (Lipinski definition) is 2. The molecule has 0 amide bonds. The molecule has 0 saturated heterocycles. The van der Waals surface area contributed by atoms with Crippen LogP contribution in [0.1, 0.15) is 87.0 Å². The van der Waals surface area contributed by atoms with Crippen molar-refractivity contribution in [3.63, 3.8) is 0 Å². The van der Waals surface area contributed by atoms with Crippen LogP contribution in [0.5, 0.6) is 0 Å². The lowest BCUT2D eigenvalue weighted by molar-refractivity contribution is -0.185. The van der Waals surface area contributed by atoms with Crippen LogP contribution < -0.4 is 0 Å². The van der Waals surface area contributed by atoms with E-state index in [0.717, 1.165) is 19.3 Å². The number of ether oxygens (including phenoxy) is 1. The number of carbonyl (C=O) groups is 1. The fourth-order valence-electron chi connectivity index (χ4n) is 3.65. The van der Waals surface area contributed by atoms with E-state index in [4.69, 9.17) is 4.74 Å². The van der Waals surface area contributed by atoms with Crippen LogP contribution in [-0.2, 0) is 9.53 Å². The van der Waals surface area contributed by atoms with Crippen LogP contribution in [0.15, 0.2) is 0 Å². The Bertz CT molecular complexity index is 337. The number of carbonyl (C=O) groups excluding carboxylic acids is 1. The monoisotopic (exact) mass is 296 g/mol. The molecule has 1 unspecified atom stereocenters. The van der Waals surface area contributed by atoms with E-state index < -0.39 is 0 Å². The van der Waals surface area contributed by atoms with Gasteiger partial charge in [0.1, 0.15) is 5.60 Å². The molecule has 0 heterocycles. The van der Waals surface area contributed by atoms with Gasteiger partial charge in [-0.25, -0.2) is 0 Å². The minimum absolute atomic E-state index is 0.0294. The second-order valence-corrected chi connectivity index (χ2v) is 8.34. The first-order valence-electron chi connectivity index (χ1n) is 8.87. The van der Waals surface area contributed by atoms with Gasteiger partial charge in [0.05, 0.1) is 5.41 Å². The molecule has 1 fully saturated rings. The third kappa shape index (κ3) is 4.23. The highest BCUT2D eigenvalue weighted by molar-refractivity contribution is 5.77. The minimum atomic E-state index is -0.368. The first-order chi connectivity index (χ1) is 9.64. The molecule has 1 aliphatic carbocycles. The predicted octanol–water partition coefficient (Wildman–Crippen LogP) is 5.60. The molecule has 0 spiro atoms. The Balaban J connectivity index is 2.93. The molecule has 0 N–H and O–H groups in total. The molecule has 0 aromatic heterocycles. The highest BCUT2D eigenvalue weighted by Crippen LogP contribution is 2.42. The Morgan fingerprint density at radius 1 is 1.05 bits per heavy atom. The molecule has 1 atom stereocenters. The maximum absolute atomic E-state index is 13.0. The quantitative estimate of drug-likeness (QED) is 0.597. The number of hydrogen-bond donors (Lipinski definition) is 0. The van der Waals surface area contributed by atoms with Crippen LogP contribution in [0, 0.1) is 23.2 Å². The zero-order chi connectivity index (χ0) is 16.3. The molecule has 0 aromatic rings. The van der Waals surface area contributed by atoms with Crippen LogP contribution in [0.4, 0.5) is 0 Å². The van der Waals surface area contributed by atoms with Crippen molar-refractivity contribution in [3.05, 3.63) is 0 Å². The summed E-state index contributed by atoms with van der Waals surface area (Å²) in [6.45, 7) is 15.2. The summed E-state index contributed by atoms with van der Waals surface area (Å²) in [5.41, 5.74) is -0.587. The van der Waals surface area contributed by atoms with Crippen molar-refractivity contribution in [2.75, 3.05) is 0 Å². The molecule has 124 valence electrons. The Hall–Kier alpha value is -0.530. The minimum Gasteiger partial charge on any atom is -0.458 e. The maximum atomic E-state index is 13.0. The van der Waals surface area contributed by atoms with E-state index in [1.807, 2.05) is 0 Å². The first kappa shape index (κ1) is 18.5. The van der Waals surface area contributed by atoms with Crippen molar-refractivity contribution >= 4 is 5.97 Å². The molecule has 0 radical (unpaired) electrons. The first-order valence-corrected chi connectivity index (χ1v) is 8.87. The van der Waals surface area contributed by atoms with Crippen LogP contribution in [0.25, 0.3) is 0 Å². The standard InChI is InChI=1S/C19H36O2/c1-14(2)13-18(7,15(3)4)17(20)21-19(16(5)6)11-9-8-10-12-19/h14-16H,8-13H2,1-7H3. The lowest BCUT2D eigenvalue weighted by Crippen LogP contribution is -2.47. The Labute approximate surface area is 132 Å². The lowest BCUT2D eigenvalue weighted by Gasteiger charge is -2.44. The third-order valence-corrected chi connectivity index (χ3v) is 5.62. The second kappa shape index (κ2) is 7.15. The van der Waals surface area contributed by atoms with Gasteiger partial charge in [-0.3, -0.25) is 4.79 Å². The molecule has 1 rings (SSSR count). The summed E-state index contributed by atoms with van der Waals surface area (Å²) in [6, 6.07) is 0. The molecule has 1 aliphatic rings. The highest BCUT2D eigenvalue weighted by atomic mass is 16.6. The molecular formula is C19H36O2. The zero-order valence-corrected chi connectivity index (χ0v) is 15.3. The molecule has 0 aliphatic heterocycles. The van der Waals surface area contributed by atoms with Gasteiger partial charge in [-0.2, -0.15) is 0 Å². The van der Waals surface area contributed by atoms with Crippen molar-refractivity contribution < 1.29 is 9.53 Å². The van der Waals surface area contributed by atoms with Gasteiger partial charge in [0.25, 0.3) is 0 Å². The van der Waals surface area contributed by atoms with Crippen LogP contribution >= 0.6 is 0 Å². The average molecular weight is 296 g/mol. The topological polar surface area (TPSA) is 26.3 Å². The summed E-state index contributed by atoms with van der Waals surface area (Å²) in [5.74, 6) is 1.24. The van der Waals surface area contributed by atoms with E-state index in [0.29, 0.717) is 17.8 Å². The Morgan fingerprint density at radius 2 is 1.57 bits per heavy atom. The third-order valence-electron chi connectivity index (χ3n) is 5.62. The number of rotatable bonds is 6. The van der Waals surface area contributed by atoms with Crippen molar-refractivity contribution in [2.45, 2.75) is 92.6 Å². The van der Waals surface area contributed by atoms with Crippen LogP contribution in [0.2, 0.25) is 0 Å². The second-order valence-electron chi connectivity index (χ2n) is 8.34. The van der Waals surface area contributed by atoms with E-state index in [1.54, 1.807) is 0 Å². The zero-order valence-electron chi connectivity index (χ0n) is 15.3. The summed E-state index contributed by atoms with van der Waals surface area (Å²) in [7, 11) is 0. The van der Waals surface area contributed by atoms with Gasteiger partial charge in [0.2, 0.25) is 0 Å². The summed E-state index contributed by atoms with van der Waals surface area (Å²) < 4.78 is 6.23. The Kier molecular flexibility index (Phi) is 6.31. The van der Waals surface area contributed by atoms with Gasteiger partial charge in [-0.1, -0.05) is 48.0 Å². The van der Waals surface area contributed by atoms with Crippen LogP contribution in [-0.4, -0.2) is 11.6 Å². The van der Waals surface area contributed by atoms with Gasteiger partial charge < -0.3 is 4.74 Å². The van der Waals surface area contributed by atoms with E-state index in [9.17, 15) is 4.79 Å². The summed E-state index contributed by atoms with van der Waals surface area (Å²) in [5, 5.41) is 0. The summed E-state index contributed by atoms with van der Waals surface area (Å²) in [6.07, 6.45) is 6.62. The molecule has 21 heavy (non-hydrogen) atoms. The summed E-state index contributed by atoms with van der Waals surface area (Å²) in [4.78, 5) is 13.0. The van der Waals surface area contributed by atoms with Gasteiger partial charge in [-0.05, 0) is 56.8 Å². The normalized spacial score (nSPS) is 21.6. The van der Waals surface area contributed by atoms with Crippen molar-refractivity contribution in [2.24, 2.45) is 23.2 Å². The van der Waals surface area contributed by atoms with Gasteiger partial charge >= 0.3 is 5.97 Å². The average Bonchev–Trinajstić information content (AvgIpc) is 2.38. The SMILES string of the molecule is CC(C)CC(C)(C(=O)OC1(C(C)C)CCCCC1)C(C)C. The molecule has 1 saturated carbocycles. The van der Waals surface area contributed by atoms with Crippen molar-refractivity contribution in [3.8, 4) is 0 Å². The Morgan fingerprint density at radius 3 is 1.95 bits per heavy atom.